The quantitative estimate of drug-likeness (QED) is 0.747. The van der Waals surface area contributed by atoms with Gasteiger partial charge in [0.05, 0.1) is 18.5 Å². The Hall–Kier alpha value is -1.33. The van der Waals surface area contributed by atoms with Crippen molar-refractivity contribution < 1.29 is 9.47 Å². The monoisotopic (exact) mass is 279 g/mol. The fraction of sp³-hybridized carbons (Fsp3) is 0.667. The summed E-state index contributed by atoms with van der Waals surface area (Å²) < 4.78 is 10.4. The Morgan fingerprint density at radius 2 is 2.15 bits per heavy atom. The summed E-state index contributed by atoms with van der Waals surface area (Å²) in [7, 11) is 1.65. The van der Waals surface area contributed by atoms with Crippen molar-refractivity contribution in [2.75, 3.05) is 32.2 Å². The molecule has 0 aliphatic heterocycles. The molecule has 2 unspecified atom stereocenters. The van der Waals surface area contributed by atoms with Gasteiger partial charge in [0.1, 0.15) is 6.61 Å². The van der Waals surface area contributed by atoms with E-state index >= 15 is 0 Å². The van der Waals surface area contributed by atoms with Crippen molar-refractivity contribution in [1.29, 1.82) is 0 Å². The summed E-state index contributed by atoms with van der Waals surface area (Å²) in [6.45, 7) is 1.85. The first-order chi connectivity index (χ1) is 9.83. The van der Waals surface area contributed by atoms with Gasteiger partial charge >= 0.3 is 0 Å². The molecule has 112 valence electrons. The van der Waals surface area contributed by atoms with Crippen LogP contribution in [-0.2, 0) is 4.74 Å². The van der Waals surface area contributed by atoms with Gasteiger partial charge in [0.2, 0.25) is 5.88 Å². The second-order valence-electron chi connectivity index (χ2n) is 5.26. The summed E-state index contributed by atoms with van der Waals surface area (Å²) in [5, 5.41) is 3.55. The van der Waals surface area contributed by atoms with E-state index in [2.05, 4.69) is 10.3 Å². The molecule has 0 saturated heterocycles. The normalized spacial score (nSPS) is 22.5. The molecule has 1 aromatic rings. The molecule has 1 heterocycles. The fourth-order valence-corrected chi connectivity index (χ4v) is 2.67. The SMILES string of the molecule is COCCOc1ccc(NC2CCCCC2CN)cn1. The number of ether oxygens (including phenoxy) is 2. The van der Waals surface area contributed by atoms with Crippen LogP contribution in [0, 0.1) is 5.92 Å². The van der Waals surface area contributed by atoms with Gasteiger partial charge in [-0.25, -0.2) is 4.98 Å². The number of methoxy groups -OCH3 is 1. The Labute approximate surface area is 120 Å². The molecule has 2 atom stereocenters. The molecule has 5 nitrogen and oxygen atoms in total. The Morgan fingerprint density at radius 3 is 2.85 bits per heavy atom. The van der Waals surface area contributed by atoms with Gasteiger partial charge in [-0.1, -0.05) is 12.8 Å². The average molecular weight is 279 g/mol. The molecule has 0 aromatic carbocycles. The number of aromatic nitrogens is 1. The predicted octanol–water partition coefficient (Wildman–Crippen LogP) is 2.04. The van der Waals surface area contributed by atoms with Crippen LogP contribution in [0.1, 0.15) is 25.7 Å². The standard InChI is InChI=1S/C15H25N3O2/c1-19-8-9-20-15-7-6-13(11-17-15)18-14-5-3-2-4-12(14)10-16/h6-7,11-12,14,18H,2-5,8-10,16H2,1H3. The van der Waals surface area contributed by atoms with Crippen molar-refractivity contribution in [2.45, 2.75) is 31.7 Å². The molecular weight excluding hydrogens is 254 g/mol. The second kappa shape index (κ2) is 8.07. The average Bonchev–Trinajstić information content (AvgIpc) is 2.50. The van der Waals surface area contributed by atoms with Crippen LogP contribution < -0.4 is 15.8 Å². The number of nitrogens with one attached hydrogen (secondary N) is 1. The zero-order valence-corrected chi connectivity index (χ0v) is 12.2. The minimum Gasteiger partial charge on any atom is -0.475 e. The maximum atomic E-state index is 5.85. The topological polar surface area (TPSA) is 69.4 Å². The highest BCUT2D eigenvalue weighted by atomic mass is 16.5. The summed E-state index contributed by atoms with van der Waals surface area (Å²) in [4.78, 5) is 4.30. The molecule has 1 aliphatic rings. The lowest BCUT2D eigenvalue weighted by atomic mass is 9.84. The van der Waals surface area contributed by atoms with E-state index in [0.29, 0.717) is 31.1 Å². The summed E-state index contributed by atoms with van der Waals surface area (Å²) in [6.07, 6.45) is 6.81. The van der Waals surface area contributed by atoms with E-state index in [9.17, 15) is 0 Å². The van der Waals surface area contributed by atoms with Gasteiger partial charge < -0.3 is 20.5 Å². The summed E-state index contributed by atoms with van der Waals surface area (Å²) in [6, 6.07) is 4.37. The van der Waals surface area contributed by atoms with E-state index in [1.54, 1.807) is 7.11 Å². The zero-order valence-electron chi connectivity index (χ0n) is 12.2. The van der Waals surface area contributed by atoms with Crippen LogP contribution in [-0.4, -0.2) is 37.9 Å². The van der Waals surface area contributed by atoms with E-state index in [0.717, 1.165) is 12.2 Å². The van der Waals surface area contributed by atoms with Crippen LogP contribution in [0.25, 0.3) is 0 Å². The molecule has 5 heteroatoms. The molecule has 0 bridgehead atoms. The maximum absolute atomic E-state index is 5.85. The highest BCUT2D eigenvalue weighted by molar-refractivity contribution is 5.43. The van der Waals surface area contributed by atoms with Gasteiger partial charge in [-0.05, 0) is 31.4 Å². The van der Waals surface area contributed by atoms with Gasteiger partial charge in [0, 0.05) is 19.2 Å². The number of hydrogen-bond donors (Lipinski definition) is 2. The van der Waals surface area contributed by atoms with Crippen molar-refractivity contribution in [3.8, 4) is 5.88 Å². The number of nitrogens with zero attached hydrogens (tertiary/aromatic N) is 1. The van der Waals surface area contributed by atoms with Crippen molar-refractivity contribution in [1.82, 2.24) is 4.98 Å². The van der Waals surface area contributed by atoms with Gasteiger partial charge in [-0.3, -0.25) is 0 Å². The van der Waals surface area contributed by atoms with E-state index < -0.39 is 0 Å². The van der Waals surface area contributed by atoms with E-state index in [-0.39, 0.29) is 0 Å². The molecule has 0 spiro atoms. The van der Waals surface area contributed by atoms with Crippen LogP contribution in [0.2, 0.25) is 0 Å². The first kappa shape index (κ1) is 15.1. The third-order valence-electron chi connectivity index (χ3n) is 3.84. The van der Waals surface area contributed by atoms with E-state index in [4.69, 9.17) is 15.2 Å². The summed E-state index contributed by atoms with van der Waals surface area (Å²) in [5.74, 6) is 1.20. The lowest BCUT2D eigenvalue weighted by Gasteiger charge is -2.32. The molecule has 1 fully saturated rings. The molecule has 0 radical (unpaired) electrons. The van der Waals surface area contributed by atoms with Crippen LogP contribution in [0.3, 0.4) is 0 Å². The third kappa shape index (κ3) is 4.35. The molecule has 0 amide bonds. The molecule has 20 heavy (non-hydrogen) atoms. The molecule has 2 rings (SSSR count). The van der Waals surface area contributed by atoms with Gasteiger partial charge in [-0.15, -0.1) is 0 Å². The molecule has 1 saturated carbocycles. The molecule has 1 aromatic heterocycles. The number of anilines is 1. The predicted molar refractivity (Wildman–Crippen MR) is 80.0 cm³/mol. The lowest BCUT2D eigenvalue weighted by molar-refractivity contribution is 0.144. The number of hydrogen-bond acceptors (Lipinski definition) is 5. The molecule has 3 N–H and O–H groups in total. The van der Waals surface area contributed by atoms with Gasteiger partial charge in [0.15, 0.2) is 0 Å². The molecular formula is C15H25N3O2. The minimum absolute atomic E-state index is 0.468. The smallest absolute Gasteiger partial charge is 0.213 e. The van der Waals surface area contributed by atoms with Crippen LogP contribution in [0.5, 0.6) is 5.88 Å². The number of nitrogens with two attached hydrogens (primary N) is 1. The van der Waals surface area contributed by atoms with Crippen molar-refractivity contribution in [3.63, 3.8) is 0 Å². The van der Waals surface area contributed by atoms with Crippen LogP contribution in [0.15, 0.2) is 18.3 Å². The highest BCUT2D eigenvalue weighted by Gasteiger charge is 2.23. The first-order valence-electron chi connectivity index (χ1n) is 7.38. The van der Waals surface area contributed by atoms with Crippen LogP contribution >= 0.6 is 0 Å². The van der Waals surface area contributed by atoms with Crippen LogP contribution in [0.4, 0.5) is 5.69 Å². The third-order valence-corrected chi connectivity index (χ3v) is 3.84. The molecule has 1 aliphatic carbocycles. The number of pyridine rings is 1. The first-order valence-corrected chi connectivity index (χ1v) is 7.38. The Kier molecular flexibility index (Phi) is 6.08. The maximum Gasteiger partial charge on any atom is 0.213 e. The van der Waals surface area contributed by atoms with E-state index in [1.807, 2.05) is 18.3 Å². The number of rotatable bonds is 7. The largest absolute Gasteiger partial charge is 0.475 e. The highest BCUT2D eigenvalue weighted by Crippen LogP contribution is 2.26. The zero-order chi connectivity index (χ0) is 14.2. The van der Waals surface area contributed by atoms with Gasteiger partial charge in [-0.2, -0.15) is 0 Å². The van der Waals surface area contributed by atoms with Crippen molar-refractivity contribution >= 4 is 5.69 Å². The minimum atomic E-state index is 0.468. The van der Waals surface area contributed by atoms with Gasteiger partial charge in [0.25, 0.3) is 0 Å². The van der Waals surface area contributed by atoms with Crippen molar-refractivity contribution in [2.24, 2.45) is 11.7 Å². The van der Waals surface area contributed by atoms with E-state index in [1.165, 1.54) is 25.7 Å². The lowest BCUT2D eigenvalue weighted by Crippen LogP contribution is -2.36. The Balaban J connectivity index is 1.86. The van der Waals surface area contributed by atoms with Crippen molar-refractivity contribution in [3.05, 3.63) is 18.3 Å². The Bertz CT molecular complexity index is 383. The second-order valence-corrected chi connectivity index (χ2v) is 5.26. The Morgan fingerprint density at radius 1 is 1.30 bits per heavy atom. The summed E-state index contributed by atoms with van der Waals surface area (Å²) in [5.41, 5.74) is 6.89. The fourth-order valence-electron chi connectivity index (χ4n) is 2.67. The summed E-state index contributed by atoms with van der Waals surface area (Å²) >= 11 is 0.